The maximum Gasteiger partial charge on any atom is 0.329 e. The summed E-state index contributed by atoms with van der Waals surface area (Å²) in [4.78, 5) is 35.3. The smallest absolute Gasteiger partial charge is 0.329 e. The number of methoxy groups -OCH3 is 2. The van der Waals surface area contributed by atoms with Gasteiger partial charge in [0.05, 0.1) is 30.6 Å². The van der Waals surface area contributed by atoms with E-state index in [1.165, 1.54) is 50.8 Å². The first kappa shape index (κ1) is 25.6. The third-order valence-electron chi connectivity index (χ3n) is 3.93. The van der Waals surface area contributed by atoms with E-state index in [0.717, 1.165) is 0 Å². The molecule has 12 heteroatoms. The van der Waals surface area contributed by atoms with Crippen LogP contribution in [0, 0.1) is 5.82 Å². The van der Waals surface area contributed by atoms with Crippen LogP contribution in [0.25, 0.3) is 0 Å². The fraction of sp³-hybridized carbons (Fsp3) is 0.238. The van der Waals surface area contributed by atoms with Gasteiger partial charge in [0.1, 0.15) is 5.82 Å². The minimum absolute atomic E-state index is 0.0187. The number of ether oxygens (including phenoxy) is 3. The number of amides is 3. The molecule has 0 spiro atoms. The van der Waals surface area contributed by atoms with Gasteiger partial charge in [-0.25, -0.2) is 9.82 Å². The van der Waals surface area contributed by atoms with Gasteiger partial charge >= 0.3 is 11.8 Å². The van der Waals surface area contributed by atoms with Gasteiger partial charge in [0.15, 0.2) is 18.1 Å². The standard InChI is InChI=1S/C21H22ClFN4O6/c1-31-8-7-24-20(29)21(30)27-25-11-13-9-14(22)19(17(10-13)32-2)33-12-18(28)26-16-6-4-3-5-15(16)23/h3-6,9-11H,7-8,12H2,1-2H3,(H,24,29)(H,26,28)(H,27,30)/b25-11-. The second-order valence-electron chi connectivity index (χ2n) is 6.30. The number of para-hydroxylation sites is 1. The molecular weight excluding hydrogens is 459 g/mol. The van der Waals surface area contributed by atoms with Crippen LogP contribution in [0.5, 0.6) is 11.5 Å². The molecule has 0 radical (unpaired) electrons. The van der Waals surface area contributed by atoms with Crippen LogP contribution in [0.15, 0.2) is 41.5 Å². The van der Waals surface area contributed by atoms with E-state index in [2.05, 4.69) is 21.2 Å². The van der Waals surface area contributed by atoms with Gasteiger partial charge in [0, 0.05) is 13.7 Å². The van der Waals surface area contributed by atoms with Crippen molar-refractivity contribution in [1.82, 2.24) is 10.7 Å². The van der Waals surface area contributed by atoms with E-state index in [1.807, 2.05) is 0 Å². The van der Waals surface area contributed by atoms with E-state index in [-0.39, 0.29) is 35.4 Å². The Morgan fingerprint density at radius 2 is 1.91 bits per heavy atom. The summed E-state index contributed by atoms with van der Waals surface area (Å²) in [5.41, 5.74) is 2.51. The maximum atomic E-state index is 13.6. The molecule has 10 nitrogen and oxygen atoms in total. The van der Waals surface area contributed by atoms with Crippen molar-refractivity contribution in [2.24, 2.45) is 5.10 Å². The van der Waals surface area contributed by atoms with Crippen molar-refractivity contribution in [2.45, 2.75) is 0 Å². The summed E-state index contributed by atoms with van der Waals surface area (Å²) in [5.74, 6) is -2.73. The number of rotatable bonds is 10. The Labute approximate surface area is 194 Å². The topological polar surface area (TPSA) is 127 Å². The Balaban J connectivity index is 1.97. The Hall–Kier alpha value is -3.70. The highest BCUT2D eigenvalue weighted by Crippen LogP contribution is 2.36. The molecule has 0 atom stereocenters. The van der Waals surface area contributed by atoms with E-state index >= 15 is 0 Å². The third kappa shape index (κ3) is 8.05. The molecule has 0 aliphatic heterocycles. The van der Waals surface area contributed by atoms with Gasteiger partial charge in [-0.15, -0.1) is 0 Å². The molecule has 2 rings (SSSR count). The molecule has 176 valence electrons. The maximum absolute atomic E-state index is 13.6. The molecule has 0 aromatic heterocycles. The molecular formula is C21H22ClFN4O6. The van der Waals surface area contributed by atoms with E-state index in [9.17, 15) is 18.8 Å². The lowest BCUT2D eigenvalue weighted by atomic mass is 10.2. The number of hydrazone groups is 1. The van der Waals surface area contributed by atoms with E-state index in [1.54, 1.807) is 6.07 Å². The zero-order chi connectivity index (χ0) is 24.2. The first-order valence-corrected chi connectivity index (χ1v) is 9.88. The summed E-state index contributed by atoms with van der Waals surface area (Å²) in [6.07, 6.45) is 1.24. The number of hydrogen-bond acceptors (Lipinski definition) is 7. The SMILES string of the molecule is COCCNC(=O)C(=O)N/N=C\c1cc(Cl)c(OCC(=O)Nc2ccccc2F)c(OC)c1. The van der Waals surface area contributed by atoms with Gasteiger partial charge in [-0.3, -0.25) is 14.4 Å². The number of hydrogen-bond donors (Lipinski definition) is 3. The average Bonchev–Trinajstić information content (AvgIpc) is 2.79. The van der Waals surface area contributed by atoms with Crippen molar-refractivity contribution in [3.8, 4) is 11.5 Å². The molecule has 2 aromatic rings. The molecule has 0 aliphatic rings. The number of carbonyl (C=O) groups excluding carboxylic acids is 3. The second-order valence-corrected chi connectivity index (χ2v) is 6.71. The lowest BCUT2D eigenvalue weighted by Crippen LogP contribution is -2.39. The number of anilines is 1. The minimum atomic E-state index is -0.957. The summed E-state index contributed by atoms with van der Waals surface area (Å²) in [5, 5.41) is 8.53. The van der Waals surface area contributed by atoms with Crippen molar-refractivity contribution < 1.29 is 33.0 Å². The number of nitrogens with zero attached hydrogens (tertiary/aromatic N) is 1. The zero-order valence-corrected chi connectivity index (χ0v) is 18.6. The van der Waals surface area contributed by atoms with Crippen LogP contribution in [-0.2, 0) is 19.1 Å². The fourth-order valence-electron chi connectivity index (χ4n) is 2.40. The summed E-state index contributed by atoms with van der Waals surface area (Å²) in [6, 6.07) is 8.65. The van der Waals surface area contributed by atoms with Crippen LogP contribution in [0.3, 0.4) is 0 Å². The molecule has 33 heavy (non-hydrogen) atoms. The number of benzene rings is 2. The quantitative estimate of drug-likeness (QED) is 0.206. The zero-order valence-electron chi connectivity index (χ0n) is 17.8. The van der Waals surface area contributed by atoms with Gasteiger partial charge in [-0.05, 0) is 29.8 Å². The molecule has 0 saturated carbocycles. The monoisotopic (exact) mass is 480 g/mol. The van der Waals surface area contributed by atoms with Crippen molar-refractivity contribution in [1.29, 1.82) is 0 Å². The first-order valence-electron chi connectivity index (χ1n) is 9.50. The van der Waals surface area contributed by atoms with Crippen molar-refractivity contribution in [3.05, 3.63) is 52.8 Å². The van der Waals surface area contributed by atoms with E-state index in [4.69, 9.17) is 25.8 Å². The van der Waals surface area contributed by atoms with Crippen LogP contribution in [0.2, 0.25) is 5.02 Å². The molecule has 0 bridgehead atoms. The highest BCUT2D eigenvalue weighted by Gasteiger charge is 2.15. The van der Waals surface area contributed by atoms with Crippen LogP contribution in [-0.4, -0.2) is 57.9 Å². The van der Waals surface area contributed by atoms with Crippen molar-refractivity contribution >= 4 is 41.2 Å². The third-order valence-corrected chi connectivity index (χ3v) is 4.21. The van der Waals surface area contributed by atoms with Crippen LogP contribution in [0.1, 0.15) is 5.56 Å². The van der Waals surface area contributed by atoms with Gasteiger partial charge in [0.25, 0.3) is 5.91 Å². The predicted molar refractivity (Wildman–Crippen MR) is 119 cm³/mol. The van der Waals surface area contributed by atoms with Crippen LogP contribution in [0.4, 0.5) is 10.1 Å². The van der Waals surface area contributed by atoms with Gasteiger partial charge in [-0.1, -0.05) is 23.7 Å². The highest BCUT2D eigenvalue weighted by atomic mass is 35.5. The molecule has 0 fully saturated rings. The van der Waals surface area contributed by atoms with Crippen molar-refractivity contribution in [3.63, 3.8) is 0 Å². The second kappa shape index (κ2) is 13.0. The number of nitrogens with one attached hydrogen (secondary N) is 3. The molecule has 3 amide bonds. The molecule has 0 unspecified atom stereocenters. The molecule has 2 aromatic carbocycles. The average molecular weight is 481 g/mol. The highest BCUT2D eigenvalue weighted by molar-refractivity contribution is 6.35. The van der Waals surface area contributed by atoms with Crippen LogP contribution < -0.4 is 25.5 Å². The summed E-state index contributed by atoms with van der Waals surface area (Å²) < 4.78 is 29.1. The number of carbonyl (C=O) groups is 3. The largest absolute Gasteiger partial charge is 0.493 e. The Morgan fingerprint density at radius 1 is 1.15 bits per heavy atom. The molecule has 0 aliphatic carbocycles. The summed E-state index contributed by atoms with van der Waals surface area (Å²) in [6.45, 7) is -0.00899. The Bertz CT molecular complexity index is 1030. The van der Waals surface area contributed by atoms with E-state index < -0.39 is 30.1 Å². The summed E-state index contributed by atoms with van der Waals surface area (Å²) in [7, 11) is 2.83. The molecule has 0 saturated heterocycles. The van der Waals surface area contributed by atoms with Gasteiger partial charge < -0.3 is 24.8 Å². The van der Waals surface area contributed by atoms with Gasteiger partial charge in [0.2, 0.25) is 0 Å². The predicted octanol–water partition coefficient (Wildman–Crippen LogP) is 1.72. The normalized spacial score (nSPS) is 10.5. The minimum Gasteiger partial charge on any atom is -0.493 e. The summed E-state index contributed by atoms with van der Waals surface area (Å²) >= 11 is 6.22. The first-order chi connectivity index (χ1) is 15.8. The van der Waals surface area contributed by atoms with E-state index in [0.29, 0.717) is 5.56 Å². The fourth-order valence-corrected chi connectivity index (χ4v) is 2.68. The lowest BCUT2D eigenvalue weighted by Gasteiger charge is -2.13. The van der Waals surface area contributed by atoms with Crippen molar-refractivity contribution in [2.75, 3.05) is 39.3 Å². The van der Waals surface area contributed by atoms with Gasteiger partial charge in [-0.2, -0.15) is 5.10 Å². The Kier molecular flexibility index (Phi) is 10.1. The number of halogens is 2. The molecule has 0 heterocycles. The Morgan fingerprint density at radius 3 is 2.61 bits per heavy atom. The lowest BCUT2D eigenvalue weighted by molar-refractivity contribution is -0.139. The van der Waals surface area contributed by atoms with Crippen LogP contribution >= 0.6 is 11.6 Å². The molecule has 3 N–H and O–H groups in total.